The van der Waals surface area contributed by atoms with Gasteiger partial charge in [-0.25, -0.2) is 4.79 Å². The lowest BCUT2D eigenvalue weighted by molar-refractivity contribution is -0.142. The predicted molar refractivity (Wildman–Crippen MR) is 302 cm³/mol. The highest BCUT2D eigenvalue weighted by Gasteiger charge is 2.26. The van der Waals surface area contributed by atoms with Crippen LogP contribution in [0, 0.1) is 0 Å². The highest BCUT2D eigenvalue weighted by Crippen LogP contribution is 2.14. The van der Waals surface area contributed by atoms with E-state index < -0.39 is 35.5 Å². The molecule has 0 aromatic heterocycles. The number of Topliss-reactive ketones (excluding diaryl/α,β-unsaturated/α-hetero) is 2. The van der Waals surface area contributed by atoms with Gasteiger partial charge in [0.05, 0.1) is 77.5 Å². The number of nitrogens with one attached hydrogen (secondary N) is 6. The zero-order chi connectivity index (χ0) is 58.2. The average molecular weight is 1120 g/mol. The molecule has 0 saturated carbocycles. The summed E-state index contributed by atoms with van der Waals surface area (Å²) in [6.07, 6.45) is 19.9. The van der Waals surface area contributed by atoms with Crippen molar-refractivity contribution in [3.8, 4) is 0 Å². The minimum absolute atomic E-state index is 0.0260. The second-order valence-corrected chi connectivity index (χ2v) is 20.5. The van der Waals surface area contributed by atoms with Crippen molar-refractivity contribution >= 4 is 47.1 Å². The summed E-state index contributed by atoms with van der Waals surface area (Å²) in [5, 5.41) is 26.1. The fourth-order valence-electron chi connectivity index (χ4n) is 7.92. The van der Waals surface area contributed by atoms with Gasteiger partial charge in [0.15, 0.2) is 11.6 Å². The van der Waals surface area contributed by atoms with E-state index in [-0.39, 0.29) is 147 Å². The summed E-state index contributed by atoms with van der Waals surface area (Å²) in [6.45, 7) is 6.77. The maximum Gasteiger partial charge on any atom is 0.326 e. The third-order valence-electron chi connectivity index (χ3n) is 12.8. The summed E-state index contributed by atoms with van der Waals surface area (Å²) in [7, 11) is 0. The van der Waals surface area contributed by atoms with Gasteiger partial charge in [-0.05, 0) is 51.5 Å². The number of rotatable bonds is 55. The summed E-state index contributed by atoms with van der Waals surface area (Å²) in [5.41, 5.74) is 11.3. The van der Waals surface area contributed by atoms with Crippen molar-refractivity contribution in [2.75, 3.05) is 92.2 Å². The summed E-state index contributed by atoms with van der Waals surface area (Å²) in [5.74, 6) is -3.75. The van der Waals surface area contributed by atoms with Crippen LogP contribution in [0.15, 0.2) is 30.3 Å². The number of ketones is 2. The van der Waals surface area contributed by atoms with Crippen LogP contribution >= 0.6 is 0 Å². The number of carboxylic acids is 1. The molecule has 11 N–H and O–H groups in total. The summed E-state index contributed by atoms with van der Waals surface area (Å²) >= 11 is 0. The summed E-state index contributed by atoms with van der Waals surface area (Å²) in [6, 6.07) is 6.63. The van der Waals surface area contributed by atoms with E-state index >= 15 is 0 Å². The Kier molecular flexibility index (Phi) is 43.6. The molecule has 1 rings (SSSR count). The van der Waals surface area contributed by atoms with Gasteiger partial charge < -0.3 is 66.8 Å². The molecule has 3 atom stereocenters. The second kappa shape index (κ2) is 47.8. The second-order valence-electron chi connectivity index (χ2n) is 20.5. The van der Waals surface area contributed by atoms with Gasteiger partial charge in [-0.15, -0.1) is 0 Å². The topological polar surface area (TPSA) is 327 Å². The zero-order valence-corrected chi connectivity index (χ0v) is 48.0. The quantitative estimate of drug-likeness (QED) is 0.0420. The van der Waals surface area contributed by atoms with E-state index in [4.69, 9.17) is 35.2 Å². The molecule has 22 nitrogen and oxygen atoms in total. The van der Waals surface area contributed by atoms with Gasteiger partial charge in [0.25, 0.3) is 0 Å². The molecule has 0 spiro atoms. The molecule has 1 aromatic rings. The first-order chi connectivity index (χ1) is 38.0. The number of carbonyl (C=O) groups is 8. The van der Waals surface area contributed by atoms with Crippen LogP contribution < -0.4 is 43.4 Å². The van der Waals surface area contributed by atoms with Crippen molar-refractivity contribution in [2.45, 2.75) is 186 Å². The minimum Gasteiger partial charge on any atom is -0.480 e. The standard InChI is InChI=1S/C57H100N8O14/c1-4-5-6-7-8-9-10-11-12-13-14-15-16-17-21-27-52(69)65-47(56(73)74)28-29-51(68)61-31-33-75-35-38-78-44-54(71)62-32-34-76-36-37-77-43-53(70)60-30-23-22-26-46(64-40-50(67)57(2,3)59)49(66)39-63-48(55(58)72)42-79-41-45-24-19-18-20-25-45/h18-20,24-25,46-48,63-64H,4-17,21-23,26-44,59H2,1-3H3,(H2,58,72)(H,60,70)(H,61,68)(H,62,71)(H,65,69)(H,73,74)/t46-,47-,48-/m0/s1. The van der Waals surface area contributed by atoms with Gasteiger partial charge in [-0.2, -0.15) is 0 Å². The number of amides is 5. The largest absolute Gasteiger partial charge is 0.480 e. The Balaban J connectivity index is 2.08. The molecular weight excluding hydrogens is 1020 g/mol. The number of nitrogens with two attached hydrogens (primary N) is 2. The van der Waals surface area contributed by atoms with E-state index in [9.17, 15) is 43.5 Å². The Morgan fingerprint density at radius 2 is 1.04 bits per heavy atom. The summed E-state index contributed by atoms with van der Waals surface area (Å²) in [4.78, 5) is 98.6. The lowest BCUT2D eigenvalue weighted by Gasteiger charge is -2.22. The maximum absolute atomic E-state index is 13.3. The third-order valence-corrected chi connectivity index (χ3v) is 12.8. The normalized spacial score (nSPS) is 12.6. The van der Waals surface area contributed by atoms with Crippen LogP contribution in [0.4, 0.5) is 0 Å². The molecule has 22 heteroatoms. The highest BCUT2D eigenvalue weighted by molar-refractivity contribution is 5.91. The first-order valence-corrected chi connectivity index (χ1v) is 28.9. The Bertz CT molecular complexity index is 1820. The number of ether oxygens (including phenoxy) is 5. The third kappa shape index (κ3) is 42.6. The van der Waals surface area contributed by atoms with Gasteiger partial charge >= 0.3 is 5.97 Å². The smallest absolute Gasteiger partial charge is 0.326 e. The van der Waals surface area contributed by atoms with Crippen LogP contribution in [-0.4, -0.2) is 168 Å². The minimum atomic E-state index is -1.18. The number of benzene rings is 1. The zero-order valence-electron chi connectivity index (χ0n) is 48.0. The fraction of sp³-hybridized carbons (Fsp3) is 0.754. The first-order valence-electron chi connectivity index (χ1n) is 28.9. The molecule has 0 fully saturated rings. The van der Waals surface area contributed by atoms with Crippen LogP contribution in [0.2, 0.25) is 0 Å². The van der Waals surface area contributed by atoms with Crippen molar-refractivity contribution in [2.24, 2.45) is 11.5 Å². The molecule has 1 aromatic carbocycles. The number of primary amides is 1. The molecular formula is C57H100N8O14. The van der Waals surface area contributed by atoms with E-state index in [0.717, 1.165) is 24.8 Å². The molecule has 0 radical (unpaired) electrons. The molecule has 0 saturated heterocycles. The number of carbonyl (C=O) groups excluding carboxylic acids is 7. The van der Waals surface area contributed by atoms with E-state index in [1.54, 1.807) is 13.8 Å². The van der Waals surface area contributed by atoms with Gasteiger partial charge in [-0.1, -0.05) is 127 Å². The van der Waals surface area contributed by atoms with Crippen LogP contribution in [0.25, 0.3) is 0 Å². The predicted octanol–water partition coefficient (Wildman–Crippen LogP) is 3.68. The lowest BCUT2D eigenvalue weighted by atomic mass is 9.99. The maximum atomic E-state index is 13.3. The van der Waals surface area contributed by atoms with Crippen LogP contribution in [0.3, 0.4) is 0 Å². The van der Waals surface area contributed by atoms with Crippen molar-refractivity contribution in [3.05, 3.63) is 35.9 Å². The van der Waals surface area contributed by atoms with E-state index in [2.05, 4.69) is 38.8 Å². The molecule has 0 bridgehead atoms. The first kappa shape index (κ1) is 72.1. The van der Waals surface area contributed by atoms with Gasteiger partial charge in [-0.3, -0.25) is 38.9 Å². The van der Waals surface area contributed by atoms with Crippen LogP contribution in [0.1, 0.15) is 161 Å². The van der Waals surface area contributed by atoms with Crippen molar-refractivity contribution in [1.29, 1.82) is 0 Å². The Morgan fingerprint density at radius 3 is 1.57 bits per heavy atom. The number of carboxylic acid groups (broad SMARTS) is 1. The molecule has 0 aliphatic heterocycles. The molecule has 0 aliphatic rings. The van der Waals surface area contributed by atoms with Crippen molar-refractivity contribution < 1.29 is 67.1 Å². The van der Waals surface area contributed by atoms with Gasteiger partial charge in [0.2, 0.25) is 29.5 Å². The van der Waals surface area contributed by atoms with E-state index in [1.807, 2.05) is 30.3 Å². The number of hydrogen-bond donors (Lipinski definition) is 9. The molecule has 79 heavy (non-hydrogen) atoms. The van der Waals surface area contributed by atoms with Gasteiger partial charge in [0, 0.05) is 32.5 Å². The van der Waals surface area contributed by atoms with Gasteiger partial charge in [0.1, 0.15) is 25.3 Å². The van der Waals surface area contributed by atoms with E-state index in [1.165, 1.54) is 70.6 Å². The summed E-state index contributed by atoms with van der Waals surface area (Å²) < 4.78 is 27.2. The van der Waals surface area contributed by atoms with Crippen LogP contribution in [0.5, 0.6) is 0 Å². The van der Waals surface area contributed by atoms with E-state index in [0.29, 0.717) is 32.2 Å². The lowest BCUT2D eigenvalue weighted by Crippen LogP contribution is -2.52. The Labute approximate surface area is 470 Å². The number of unbranched alkanes of at least 4 members (excludes halogenated alkanes) is 15. The SMILES string of the molecule is CCCCCCCCCCCCCCCCCC(=O)N[C@@H](CCC(=O)NCCOCCOCC(=O)NCCOCCOCC(=O)NCCCC[C@H](NCC(=O)C(C)(C)N)C(=O)CN[C@@H](COCc1ccccc1)C(N)=O)C(=O)O. The molecule has 5 amide bonds. The molecule has 0 unspecified atom stereocenters. The monoisotopic (exact) mass is 1120 g/mol. The highest BCUT2D eigenvalue weighted by atomic mass is 16.5. The fourth-order valence-corrected chi connectivity index (χ4v) is 7.92. The Morgan fingerprint density at radius 1 is 0.532 bits per heavy atom. The van der Waals surface area contributed by atoms with Crippen molar-refractivity contribution in [3.63, 3.8) is 0 Å². The average Bonchev–Trinajstić information content (AvgIpc) is 3.41. The molecule has 452 valence electrons. The number of aliphatic carboxylic acids is 1. The Hall–Kier alpha value is -4.94. The van der Waals surface area contributed by atoms with Crippen LogP contribution in [-0.2, 0) is 68.6 Å². The van der Waals surface area contributed by atoms with Crippen molar-refractivity contribution in [1.82, 2.24) is 31.9 Å². The molecule has 0 heterocycles. The number of hydrogen-bond acceptors (Lipinski definition) is 16. The molecule has 0 aliphatic carbocycles.